The van der Waals surface area contributed by atoms with Gasteiger partial charge in [-0.3, -0.25) is 10.1 Å². The highest BCUT2D eigenvalue weighted by Gasteiger charge is 2.27. The maximum atomic E-state index is 13.0. The zero-order chi connectivity index (χ0) is 19.6. The minimum Gasteiger partial charge on any atom is -0.347 e. The van der Waals surface area contributed by atoms with Gasteiger partial charge < -0.3 is 4.90 Å². The summed E-state index contributed by atoms with van der Waals surface area (Å²) in [5, 5.41) is 11.0. The van der Waals surface area contributed by atoms with Crippen molar-refractivity contribution in [1.82, 2.24) is 14.3 Å². The predicted molar refractivity (Wildman–Crippen MR) is 97.6 cm³/mol. The van der Waals surface area contributed by atoms with E-state index in [1.54, 1.807) is 45.1 Å². The van der Waals surface area contributed by atoms with Crippen molar-refractivity contribution in [3.8, 4) is 0 Å². The summed E-state index contributed by atoms with van der Waals surface area (Å²) in [5.41, 5.74) is 1.08. The summed E-state index contributed by atoms with van der Waals surface area (Å²) in [5.74, 6) is 0.482. The lowest BCUT2D eigenvalue weighted by molar-refractivity contribution is -0.385. The first-order chi connectivity index (χ1) is 12.0. The third kappa shape index (κ3) is 3.97. The molecule has 0 atom stereocenters. The van der Waals surface area contributed by atoms with Crippen LogP contribution in [-0.4, -0.2) is 48.8 Å². The predicted octanol–water partition coefficient (Wildman–Crippen LogP) is 1.89. The van der Waals surface area contributed by atoms with Gasteiger partial charge in [-0.2, -0.15) is 4.31 Å². The van der Waals surface area contributed by atoms with E-state index < -0.39 is 14.9 Å². The zero-order valence-electron chi connectivity index (χ0n) is 15.3. The molecule has 9 nitrogen and oxygen atoms in total. The maximum absolute atomic E-state index is 13.0. The van der Waals surface area contributed by atoms with Crippen LogP contribution in [0.1, 0.15) is 16.8 Å². The first-order valence-corrected chi connectivity index (χ1v) is 9.19. The molecular formula is C16H21N5O4S. The van der Waals surface area contributed by atoms with Gasteiger partial charge in [0.1, 0.15) is 0 Å². The largest absolute Gasteiger partial charge is 0.347 e. The summed E-state index contributed by atoms with van der Waals surface area (Å²) < 4.78 is 27.1. The summed E-state index contributed by atoms with van der Waals surface area (Å²) in [6, 6.07) is 4.18. The third-order valence-electron chi connectivity index (χ3n) is 3.81. The number of nitro benzene ring substituents is 1. The maximum Gasteiger partial charge on any atom is 0.270 e. The molecule has 0 saturated carbocycles. The first kappa shape index (κ1) is 19.7. The molecule has 0 radical (unpaired) electrons. The van der Waals surface area contributed by atoms with Crippen molar-refractivity contribution in [2.45, 2.75) is 25.3 Å². The van der Waals surface area contributed by atoms with Gasteiger partial charge in [-0.05, 0) is 31.0 Å². The number of sulfonamides is 1. The Morgan fingerprint density at radius 3 is 2.23 bits per heavy atom. The fraction of sp³-hybridized carbons (Fsp3) is 0.375. The number of rotatable bonds is 6. The highest BCUT2D eigenvalue weighted by atomic mass is 32.2. The SMILES string of the molecule is Cc1cc([N+](=O)[O-])cc(C)c1S(=O)(=O)N(C)Cc1ccnc(N(C)C)n1. The van der Waals surface area contributed by atoms with Crippen molar-refractivity contribution in [2.24, 2.45) is 0 Å². The van der Waals surface area contributed by atoms with Crippen molar-refractivity contribution in [3.63, 3.8) is 0 Å². The van der Waals surface area contributed by atoms with E-state index in [1.807, 2.05) is 0 Å². The fourth-order valence-electron chi connectivity index (χ4n) is 2.60. The summed E-state index contributed by atoms with van der Waals surface area (Å²) in [7, 11) is 1.20. The molecular weight excluding hydrogens is 358 g/mol. The van der Waals surface area contributed by atoms with E-state index in [0.29, 0.717) is 22.8 Å². The fourth-order valence-corrected chi connectivity index (χ4v) is 4.14. The second kappa shape index (κ2) is 7.34. The Morgan fingerprint density at radius 2 is 1.73 bits per heavy atom. The minimum absolute atomic E-state index is 0.0571. The minimum atomic E-state index is -3.84. The van der Waals surface area contributed by atoms with E-state index >= 15 is 0 Å². The Labute approximate surface area is 152 Å². The second-order valence-electron chi connectivity index (χ2n) is 6.17. The molecule has 0 unspecified atom stereocenters. The molecule has 2 rings (SSSR count). The second-order valence-corrected chi connectivity index (χ2v) is 8.15. The van der Waals surface area contributed by atoms with E-state index in [1.165, 1.54) is 23.5 Å². The lowest BCUT2D eigenvalue weighted by Gasteiger charge is -2.20. The molecule has 0 aliphatic rings. The molecule has 0 spiro atoms. The van der Waals surface area contributed by atoms with E-state index in [4.69, 9.17) is 0 Å². The quantitative estimate of drug-likeness (QED) is 0.557. The Balaban J connectivity index is 2.38. The van der Waals surface area contributed by atoms with E-state index in [9.17, 15) is 18.5 Å². The standard InChI is InChI=1S/C16H21N5O4S/c1-11-8-14(21(22)23)9-12(2)15(11)26(24,25)20(5)10-13-6-7-17-16(18-13)19(3)4/h6-9H,10H2,1-5H3. The Bertz CT molecular complexity index is 920. The summed E-state index contributed by atoms with van der Waals surface area (Å²) in [6.45, 7) is 3.16. The summed E-state index contributed by atoms with van der Waals surface area (Å²) in [6.07, 6.45) is 1.57. The van der Waals surface area contributed by atoms with Crippen molar-refractivity contribution in [1.29, 1.82) is 0 Å². The first-order valence-electron chi connectivity index (χ1n) is 7.75. The highest BCUT2D eigenvalue weighted by Crippen LogP contribution is 2.28. The smallest absolute Gasteiger partial charge is 0.270 e. The lowest BCUT2D eigenvalue weighted by atomic mass is 10.1. The van der Waals surface area contributed by atoms with Gasteiger partial charge in [0.15, 0.2) is 0 Å². The van der Waals surface area contributed by atoms with Crippen LogP contribution in [0.4, 0.5) is 11.6 Å². The molecule has 0 saturated heterocycles. The molecule has 0 fully saturated rings. The van der Waals surface area contributed by atoms with Gasteiger partial charge in [0.05, 0.1) is 22.1 Å². The van der Waals surface area contributed by atoms with Gasteiger partial charge in [0, 0.05) is 39.5 Å². The normalized spacial score (nSPS) is 11.6. The summed E-state index contributed by atoms with van der Waals surface area (Å²) >= 11 is 0. The van der Waals surface area contributed by atoms with Gasteiger partial charge in [-0.25, -0.2) is 18.4 Å². The monoisotopic (exact) mass is 379 g/mol. The molecule has 1 aromatic carbocycles. The van der Waals surface area contributed by atoms with Crippen LogP contribution in [0.5, 0.6) is 0 Å². The molecule has 1 heterocycles. The van der Waals surface area contributed by atoms with Crippen LogP contribution in [0.15, 0.2) is 29.3 Å². The van der Waals surface area contributed by atoms with Crippen LogP contribution in [0.2, 0.25) is 0 Å². The average Bonchev–Trinajstić information content (AvgIpc) is 2.53. The topological polar surface area (TPSA) is 110 Å². The number of aryl methyl sites for hydroxylation is 2. The molecule has 0 aliphatic carbocycles. The molecule has 0 aliphatic heterocycles. The van der Waals surface area contributed by atoms with Crippen LogP contribution in [0.25, 0.3) is 0 Å². The van der Waals surface area contributed by atoms with Crippen molar-refractivity contribution >= 4 is 21.7 Å². The van der Waals surface area contributed by atoms with E-state index in [2.05, 4.69) is 9.97 Å². The molecule has 140 valence electrons. The van der Waals surface area contributed by atoms with Gasteiger partial charge in [0.2, 0.25) is 16.0 Å². The van der Waals surface area contributed by atoms with Gasteiger partial charge in [-0.15, -0.1) is 0 Å². The van der Waals surface area contributed by atoms with Gasteiger partial charge in [0.25, 0.3) is 5.69 Å². The number of nitrogens with zero attached hydrogens (tertiary/aromatic N) is 5. The Morgan fingerprint density at radius 1 is 1.15 bits per heavy atom. The molecule has 0 bridgehead atoms. The van der Waals surface area contributed by atoms with Crippen LogP contribution < -0.4 is 4.90 Å². The van der Waals surface area contributed by atoms with Crippen LogP contribution in [0, 0.1) is 24.0 Å². The van der Waals surface area contributed by atoms with E-state index in [0.717, 1.165) is 0 Å². The summed E-state index contributed by atoms with van der Waals surface area (Å²) in [4.78, 5) is 20.6. The van der Waals surface area contributed by atoms with Crippen molar-refractivity contribution < 1.29 is 13.3 Å². The molecule has 0 amide bonds. The van der Waals surface area contributed by atoms with E-state index in [-0.39, 0.29) is 17.1 Å². The number of hydrogen-bond donors (Lipinski definition) is 0. The number of nitro groups is 1. The Hall–Kier alpha value is -2.59. The molecule has 0 N–H and O–H groups in total. The zero-order valence-corrected chi connectivity index (χ0v) is 16.1. The number of hydrogen-bond acceptors (Lipinski definition) is 7. The van der Waals surface area contributed by atoms with Crippen LogP contribution in [-0.2, 0) is 16.6 Å². The highest BCUT2D eigenvalue weighted by molar-refractivity contribution is 7.89. The van der Waals surface area contributed by atoms with Crippen molar-refractivity contribution in [3.05, 3.63) is 51.3 Å². The Kier molecular flexibility index (Phi) is 5.57. The molecule has 10 heteroatoms. The number of benzene rings is 1. The molecule has 26 heavy (non-hydrogen) atoms. The van der Waals surface area contributed by atoms with Crippen LogP contribution >= 0.6 is 0 Å². The lowest BCUT2D eigenvalue weighted by Crippen LogP contribution is -2.28. The van der Waals surface area contributed by atoms with Gasteiger partial charge >= 0.3 is 0 Å². The molecule has 1 aromatic heterocycles. The van der Waals surface area contributed by atoms with Gasteiger partial charge in [-0.1, -0.05) is 0 Å². The molecule has 2 aromatic rings. The van der Waals surface area contributed by atoms with Crippen molar-refractivity contribution in [2.75, 3.05) is 26.0 Å². The number of anilines is 1. The number of aromatic nitrogens is 2. The third-order valence-corrected chi connectivity index (χ3v) is 5.92. The number of non-ortho nitro benzene ring substituents is 1. The average molecular weight is 379 g/mol. The van der Waals surface area contributed by atoms with Crippen LogP contribution in [0.3, 0.4) is 0 Å².